The minimum atomic E-state index is -0.620. The van der Waals surface area contributed by atoms with Gasteiger partial charge in [-0.25, -0.2) is 0 Å². The molecule has 2 unspecified atom stereocenters. The molecule has 0 aliphatic heterocycles. The molecule has 92 valence electrons. The molecule has 0 bridgehead atoms. The van der Waals surface area contributed by atoms with Crippen LogP contribution in [0.25, 0.3) is 0 Å². The normalized spacial score (nSPS) is 28.2. The molecule has 0 saturated heterocycles. The lowest BCUT2D eigenvalue weighted by Crippen LogP contribution is -2.28. The van der Waals surface area contributed by atoms with Crippen LogP contribution in [0.2, 0.25) is 0 Å². The summed E-state index contributed by atoms with van der Waals surface area (Å²) < 4.78 is 0. The average Bonchev–Trinajstić information content (AvgIpc) is 2.71. The zero-order chi connectivity index (χ0) is 12.3. The molecule has 1 saturated carbocycles. The van der Waals surface area contributed by atoms with Crippen molar-refractivity contribution in [3.8, 4) is 0 Å². The molecule has 1 N–H and O–H groups in total. The van der Waals surface area contributed by atoms with Gasteiger partial charge < -0.3 is 5.11 Å². The molecule has 1 aliphatic carbocycles. The minimum Gasteiger partial charge on any atom is -0.481 e. The summed E-state index contributed by atoms with van der Waals surface area (Å²) in [5.74, 6) is -0.0780. The summed E-state index contributed by atoms with van der Waals surface area (Å²) >= 11 is 0. The molecule has 1 aromatic heterocycles. The third-order valence-corrected chi connectivity index (χ3v) is 3.92. The number of aliphatic carboxylic acids is 1. The van der Waals surface area contributed by atoms with Crippen LogP contribution in [0, 0.1) is 11.3 Å². The van der Waals surface area contributed by atoms with Crippen LogP contribution in [0.1, 0.15) is 38.2 Å². The van der Waals surface area contributed by atoms with Crippen LogP contribution >= 0.6 is 0 Å². The Morgan fingerprint density at radius 1 is 1.65 bits per heavy atom. The maximum Gasteiger partial charge on any atom is 0.309 e. The molecule has 2 rings (SSSR count). The molecular formula is C14H19NO2. The first-order valence-corrected chi connectivity index (χ1v) is 6.25. The number of carboxylic acid groups (broad SMARTS) is 1. The highest BCUT2D eigenvalue weighted by molar-refractivity contribution is 5.75. The Morgan fingerprint density at radius 2 is 2.47 bits per heavy atom. The van der Waals surface area contributed by atoms with Gasteiger partial charge >= 0.3 is 5.97 Å². The number of carbonyl (C=O) groups is 1. The number of nitrogens with zero attached hydrogens (tertiary/aromatic N) is 1. The van der Waals surface area contributed by atoms with Crippen molar-refractivity contribution in [2.24, 2.45) is 11.3 Å². The smallest absolute Gasteiger partial charge is 0.309 e. The average molecular weight is 233 g/mol. The zero-order valence-electron chi connectivity index (χ0n) is 10.2. The van der Waals surface area contributed by atoms with Crippen molar-refractivity contribution < 1.29 is 9.90 Å². The lowest BCUT2D eigenvalue weighted by atomic mass is 9.80. The van der Waals surface area contributed by atoms with Gasteiger partial charge in [0.25, 0.3) is 0 Å². The van der Waals surface area contributed by atoms with Gasteiger partial charge in [0.1, 0.15) is 0 Å². The van der Waals surface area contributed by atoms with Crippen LogP contribution in [-0.4, -0.2) is 16.1 Å². The van der Waals surface area contributed by atoms with Gasteiger partial charge in [0.2, 0.25) is 0 Å². The number of hydrogen-bond acceptors (Lipinski definition) is 2. The predicted molar refractivity (Wildman–Crippen MR) is 65.6 cm³/mol. The van der Waals surface area contributed by atoms with Crippen molar-refractivity contribution >= 4 is 5.97 Å². The van der Waals surface area contributed by atoms with E-state index in [1.165, 1.54) is 0 Å². The molecule has 3 nitrogen and oxygen atoms in total. The topological polar surface area (TPSA) is 50.2 Å². The molecule has 1 heterocycles. The fourth-order valence-corrected chi connectivity index (χ4v) is 2.85. The zero-order valence-corrected chi connectivity index (χ0v) is 10.2. The number of aromatic nitrogens is 1. The first-order chi connectivity index (χ1) is 8.12. The van der Waals surface area contributed by atoms with Crippen molar-refractivity contribution in [1.29, 1.82) is 0 Å². The van der Waals surface area contributed by atoms with Gasteiger partial charge in [-0.3, -0.25) is 9.78 Å². The molecule has 0 aromatic carbocycles. The Balaban J connectivity index is 2.03. The summed E-state index contributed by atoms with van der Waals surface area (Å²) in [6, 6.07) is 3.92. The van der Waals surface area contributed by atoms with Crippen LogP contribution in [0.4, 0.5) is 0 Å². The molecule has 17 heavy (non-hydrogen) atoms. The lowest BCUT2D eigenvalue weighted by Gasteiger charge is -2.24. The molecule has 0 radical (unpaired) electrons. The third-order valence-electron chi connectivity index (χ3n) is 3.92. The molecule has 0 amide bonds. The van der Waals surface area contributed by atoms with Crippen LogP contribution in [0.15, 0.2) is 24.5 Å². The van der Waals surface area contributed by atoms with E-state index >= 15 is 0 Å². The first-order valence-electron chi connectivity index (χ1n) is 6.25. The fourth-order valence-electron chi connectivity index (χ4n) is 2.85. The highest BCUT2D eigenvalue weighted by Crippen LogP contribution is 2.45. The molecule has 3 heteroatoms. The van der Waals surface area contributed by atoms with Crippen molar-refractivity contribution in [2.75, 3.05) is 0 Å². The Bertz CT molecular complexity index is 390. The van der Waals surface area contributed by atoms with E-state index in [1.54, 1.807) is 6.20 Å². The van der Waals surface area contributed by atoms with E-state index in [1.807, 2.05) is 18.3 Å². The maximum atomic E-state index is 11.5. The van der Waals surface area contributed by atoms with Gasteiger partial charge in [-0.2, -0.15) is 0 Å². The summed E-state index contributed by atoms with van der Waals surface area (Å²) in [6.07, 6.45) is 7.80. The van der Waals surface area contributed by atoms with Gasteiger partial charge in [-0.05, 0) is 49.7 Å². The van der Waals surface area contributed by atoms with Gasteiger partial charge in [0.15, 0.2) is 0 Å². The predicted octanol–water partition coefficient (Wildman–Crippen LogP) is 2.91. The van der Waals surface area contributed by atoms with Crippen molar-refractivity contribution in [3.05, 3.63) is 30.1 Å². The van der Waals surface area contributed by atoms with Crippen LogP contribution < -0.4 is 0 Å². The van der Waals surface area contributed by atoms with E-state index in [4.69, 9.17) is 0 Å². The second kappa shape index (κ2) is 4.86. The molecule has 2 atom stereocenters. The van der Waals surface area contributed by atoms with Crippen molar-refractivity contribution in [3.63, 3.8) is 0 Å². The largest absolute Gasteiger partial charge is 0.481 e. The van der Waals surface area contributed by atoms with Gasteiger partial charge in [0, 0.05) is 12.4 Å². The Morgan fingerprint density at radius 3 is 3.00 bits per heavy atom. The summed E-state index contributed by atoms with van der Waals surface area (Å²) in [5, 5.41) is 9.44. The Kier molecular flexibility index (Phi) is 3.46. The SMILES string of the molecule is CC1CCC(CCc2cccnc2)(C(=O)O)C1. The number of aryl methyl sites for hydroxylation is 1. The molecular weight excluding hydrogens is 214 g/mol. The van der Waals surface area contributed by atoms with Gasteiger partial charge in [-0.15, -0.1) is 0 Å². The number of rotatable bonds is 4. The number of carboxylic acids is 1. The fraction of sp³-hybridized carbons (Fsp3) is 0.571. The summed E-state index contributed by atoms with van der Waals surface area (Å²) in [4.78, 5) is 15.5. The van der Waals surface area contributed by atoms with E-state index in [9.17, 15) is 9.90 Å². The van der Waals surface area contributed by atoms with E-state index in [0.717, 1.165) is 37.7 Å². The Hall–Kier alpha value is -1.38. The number of pyridine rings is 1. The Labute approximate surface area is 102 Å². The second-order valence-corrected chi connectivity index (χ2v) is 5.29. The second-order valence-electron chi connectivity index (χ2n) is 5.29. The summed E-state index contributed by atoms with van der Waals surface area (Å²) in [5.41, 5.74) is 0.641. The first kappa shape index (κ1) is 12.1. The summed E-state index contributed by atoms with van der Waals surface area (Å²) in [6.45, 7) is 2.15. The third kappa shape index (κ3) is 2.65. The molecule has 1 aromatic rings. The van der Waals surface area contributed by atoms with Gasteiger partial charge in [0.05, 0.1) is 5.41 Å². The van der Waals surface area contributed by atoms with Crippen molar-refractivity contribution in [1.82, 2.24) is 4.98 Å². The highest BCUT2D eigenvalue weighted by atomic mass is 16.4. The van der Waals surface area contributed by atoms with Crippen LogP contribution in [0.5, 0.6) is 0 Å². The summed E-state index contributed by atoms with van der Waals surface area (Å²) in [7, 11) is 0. The van der Waals surface area contributed by atoms with Gasteiger partial charge in [-0.1, -0.05) is 13.0 Å². The quantitative estimate of drug-likeness (QED) is 0.870. The van der Waals surface area contributed by atoms with Crippen molar-refractivity contribution in [2.45, 2.75) is 39.0 Å². The number of hydrogen-bond donors (Lipinski definition) is 1. The van der Waals surface area contributed by atoms with E-state index < -0.39 is 11.4 Å². The molecule has 0 spiro atoms. The van der Waals surface area contributed by atoms with E-state index in [2.05, 4.69) is 11.9 Å². The maximum absolute atomic E-state index is 11.5. The van der Waals surface area contributed by atoms with E-state index in [0.29, 0.717) is 5.92 Å². The minimum absolute atomic E-state index is 0.491. The van der Waals surface area contributed by atoms with Crippen LogP contribution in [0.3, 0.4) is 0 Å². The highest BCUT2D eigenvalue weighted by Gasteiger charge is 2.43. The van der Waals surface area contributed by atoms with E-state index in [-0.39, 0.29) is 0 Å². The van der Waals surface area contributed by atoms with Crippen LogP contribution in [-0.2, 0) is 11.2 Å². The lowest BCUT2D eigenvalue weighted by molar-refractivity contribution is -0.149. The standard InChI is InChI=1S/C14H19NO2/c1-11-4-6-14(9-11,13(16)17)7-5-12-3-2-8-15-10-12/h2-3,8,10-11H,4-7,9H2,1H3,(H,16,17). The molecule has 1 fully saturated rings. The molecule has 1 aliphatic rings. The monoisotopic (exact) mass is 233 g/mol.